The minimum Gasteiger partial charge on any atom is -0.367 e. The summed E-state index contributed by atoms with van der Waals surface area (Å²) in [6.45, 7) is 7.12. The summed E-state index contributed by atoms with van der Waals surface area (Å²) in [5.41, 5.74) is 4.68. The number of nitrogens with zero attached hydrogens (tertiary/aromatic N) is 2. The second kappa shape index (κ2) is 10.7. The number of ketones is 1. The van der Waals surface area contributed by atoms with Gasteiger partial charge in [-0.05, 0) is 55.3 Å². The van der Waals surface area contributed by atoms with Crippen molar-refractivity contribution in [2.45, 2.75) is 32.9 Å². The predicted octanol–water partition coefficient (Wildman–Crippen LogP) is 3.55. The molecule has 0 saturated carbocycles. The average Bonchev–Trinajstić information content (AvgIpc) is 2.80. The van der Waals surface area contributed by atoms with Crippen LogP contribution in [0.4, 0.5) is 5.69 Å². The molecule has 1 saturated heterocycles. The van der Waals surface area contributed by atoms with Gasteiger partial charge in [-0.1, -0.05) is 36.4 Å². The number of nitrogens with one attached hydrogen (secondary N) is 1. The highest BCUT2D eigenvalue weighted by Crippen LogP contribution is 2.24. The van der Waals surface area contributed by atoms with Crippen LogP contribution in [-0.2, 0) is 9.59 Å². The van der Waals surface area contributed by atoms with E-state index in [0.29, 0.717) is 18.7 Å². The number of carbonyl (C=O) groups is 3. The maximum absolute atomic E-state index is 12.8. The molecule has 0 aromatic heterocycles. The molecule has 0 radical (unpaired) electrons. The number of hydrogen-bond acceptors (Lipinski definition) is 5. The first-order valence-corrected chi connectivity index (χ1v) is 10.9. The number of amides is 2. The maximum Gasteiger partial charge on any atom is 0.267 e. The molecule has 0 spiro atoms. The van der Waals surface area contributed by atoms with E-state index in [4.69, 9.17) is 5.21 Å². The smallest absolute Gasteiger partial charge is 0.267 e. The molecule has 7 heteroatoms. The molecule has 7 nitrogen and oxygen atoms in total. The Kier molecular flexibility index (Phi) is 7.79. The lowest BCUT2D eigenvalue weighted by molar-refractivity contribution is -0.133. The van der Waals surface area contributed by atoms with Crippen LogP contribution in [0.5, 0.6) is 0 Å². The summed E-state index contributed by atoms with van der Waals surface area (Å²) in [6.07, 6.45) is 6.05. The van der Waals surface area contributed by atoms with Gasteiger partial charge in [0.05, 0.1) is 0 Å². The number of allylic oxidation sites excluding steroid dienone is 1. The van der Waals surface area contributed by atoms with Crippen LogP contribution < -0.4 is 10.4 Å². The van der Waals surface area contributed by atoms with Crippen LogP contribution in [0.25, 0.3) is 12.2 Å². The van der Waals surface area contributed by atoms with E-state index in [1.165, 1.54) is 12.2 Å². The molecule has 1 fully saturated rings. The molecule has 1 heterocycles. The Morgan fingerprint density at radius 1 is 0.939 bits per heavy atom. The molecule has 1 aliphatic rings. The van der Waals surface area contributed by atoms with E-state index >= 15 is 0 Å². The summed E-state index contributed by atoms with van der Waals surface area (Å²) >= 11 is 0. The zero-order valence-electron chi connectivity index (χ0n) is 19.1. The third kappa shape index (κ3) is 6.17. The normalized spacial score (nSPS) is 18.7. The lowest BCUT2D eigenvalue weighted by atomic mass is 10.0. The molecule has 33 heavy (non-hydrogen) atoms. The Morgan fingerprint density at radius 2 is 1.55 bits per heavy atom. The van der Waals surface area contributed by atoms with Crippen LogP contribution >= 0.6 is 0 Å². The topological polar surface area (TPSA) is 90.0 Å². The van der Waals surface area contributed by atoms with Crippen molar-refractivity contribution in [1.82, 2.24) is 10.4 Å². The number of hydrogen-bond donors (Lipinski definition) is 2. The zero-order valence-corrected chi connectivity index (χ0v) is 19.1. The van der Waals surface area contributed by atoms with Crippen LogP contribution in [-0.4, -0.2) is 52.9 Å². The third-order valence-corrected chi connectivity index (χ3v) is 5.65. The van der Waals surface area contributed by atoms with Crippen LogP contribution in [0.15, 0.2) is 60.7 Å². The fraction of sp³-hybridized carbons (Fsp3) is 0.269. The van der Waals surface area contributed by atoms with E-state index in [9.17, 15) is 14.4 Å². The molecular weight excluding hydrogens is 418 g/mol. The highest BCUT2D eigenvalue weighted by Gasteiger charge is 2.31. The predicted molar refractivity (Wildman–Crippen MR) is 129 cm³/mol. The lowest BCUT2D eigenvalue weighted by Gasteiger charge is -2.45. The maximum atomic E-state index is 12.8. The molecule has 2 N–H and O–H groups in total. The van der Waals surface area contributed by atoms with Crippen LogP contribution in [0.2, 0.25) is 0 Å². The minimum atomic E-state index is -0.613. The first-order chi connectivity index (χ1) is 15.8. The van der Waals surface area contributed by atoms with Crippen molar-refractivity contribution in [2.75, 3.05) is 18.0 Å². The van der Waals surface area contributed by atoms with Crippen molar-refractivity contribution < 1.29 is 19.6 Å². The molecule has 172 valence electrons. The molecule has 3 rings (SSSR count). The summed E-state index contributed by atoms with van der Waals surface area (Å²) in [7, 11) is 0. The second-order valence-electron chi connectivity index (χ2n) is 8.26. The molecular formula is C26H29N3O4. The van der Waals surface area contributed by atoms with Crippen molar-refractivity contribution in [3.8, 4) is 0 Å². The van der Waals surface area contributed by atoms with E-state index in [0.717, 1.165) is 16.8 Å². The van der Waals surface area contributed by atoms with Crippen molar-refractivity contribution in [3.05, 3.63) is 77.4 Å². The van der Waals surface area contributed by atoms with Crippen LogP contribution in [0.3, 0.4) is 0 Å². The van der Waals surface area contributed by atoms with Gasteiger partial charge in [0.1, 0.15) is 0 Å². The van der Waals surface area contributed by atoms with Gasteiger partial charge in [0.25, 0.3) is 5.91 Å². The van der Waals surface area contributed by atoms with Gasteiger partial charge in [-0.15, -0.1) is 0 Å². The highest BCUT2D eigenvalue weighted by molar-refractivity contribution is 6.07. The number of rotatable bonds is 6. The first-order valence-electron chi connectivity index (χ1n) is 10.9. The number of hydroxylamine groups is 1. The van der Waals surface area contributed by atoms with Gasteiger partial charge >= 0.3 is 0 Å². The van der Waals surface area contributed by atoms with Gasteiger partial charge in [0, 0.05) is 49.4 Å². The minimum absolute atomic E-state index is 0.0833. The van der Waals surface area contributed by atoms with Gasteiger partial charge in [-0.3, -0.25) is 19.6 Å². The quantitative estimate of drug-likeness (QED) is 0.306. The zero-order chi connectivity index (χ0) is 24.0. The molecule has 2 aromatic carbocycles. The average molecular weight is 448 g/mol. The standard InChI is InChI=1S/C26H29N3O4/c1-18-16-28(17-19(2)29(18)20(3)30)24-9-5-8-23(15-24)25(31)12-10-21-6-4-7-22(14-21)11-13-26(32)27-33/h4-15,18-19,33H,16-17H2,1-3H3,(H,27,32)/b12-10+,13-11+/t18-,19+. The highest BCUT2D eigenvalue weighted by atomic mass is 16.5. The van der Waals surface area contributed by atoms with Gasteiger partial charge < -0.3 is 9.80 Å². The van der Waals surface area contributed by atoms with Crippen molar-refractivity contribution >= 4 is 35.4 Å². The molecule has 0 bridgehead atoms. The van der Waals surface area contributed by atoms with E-state index in [1.807, 2.05) is 61.2 Å². The Morgan fingerprint density at radius 3 is 2.15 bits per heavy atom. The number of benzene rings is 2. The van der Waals surface area contributed by atoms with E-state index in [1.54, 1.807) is 30.6 Å². The first kappa shape index (κ1) is 23.9. The molecule has 0 aliphatic carbocycles. The summed E-state index contributed by atoms with van der Waals surface area (Å²) in [6, 6.07) is 15.1. The Hall–Kier alpha value is -3.71. The molecule has 0 unspecified atom stereocenters. The largest absolute Gasteiger partial charge is 0.367 e. The van der Waals surface area contributed by atoms with Gasteiger partial charge in [-0.25, -0.2) is 5.48 Å². The summed E-state index contributed by atoms with van der Waals surface area (Å²) in [5, 5.41) is 8.56. The molecule has 2 aromatic rings. The molecule has 1 aliphatic heterocycles. The van der Waals surface area contributed by atoms with E-state index in [2.05, 4.69) is 4.90 Å². The second-order valence-corrected chi connectivity index (χ2v) is 8.26. The van der Waals surface area contributed by atoms with Crippen molar-refractivity contribution in [1.29, 1.82) is 0 Å². The summed E-state index contributed by atoms with van der Waals surface area (Å²) in [5.74, 6) is -0.640. The van der Waals surface area contributed by atoms with Gasteiger partial charge in [0.2, 0.25) is 5.91 Å². The van der Waals surface area contributed by atoms with E-state index in [-0.39, 0.29) is 23.8 Å². The number of anilines is 1. The SMILES string of the molecule is CC(=O)N1[C@H](C)CN(c2cccc(C(=O)/C=C/c3cccc(/C=C/C(=O)NO)c3)c2)C[C@@H]1C. The van der Waals surface area contributed by atoms with Crippen LogP contribution in [0.1, 0.15) is 42.3 Å². The number of carbonyl (C=O) groups excluding carboxylic acids is 3. The van der Waals surface area contributed by atoms with Crippen molar-refractivity contribution in [2.24, 2.45) is 0 Å². The molecule has 2 atom stereocenters. The number of piperazine rings is 1. The van der Waals surface area contributed by atoms with Gasteiger partial charge in [-0.2, -0.15) is 0 Å². The molecule has 2 amide bonds. The fourth-order valence-corrected chi connectivity index (χ4v) is 4.25. The summed E-state index contributed by atoms with van der Waals surface area (Å²) < 4.78 is 0. The summed E-state index contributed by atoms with van der Waals surface area (Å²) in [4.78, 5) is 40.0. The fourth-order valence-electron chi connectivity index (χ4n) is 4.25. The Bertz CT molecular complexity index is 1080. The lowest BCUT2D eigenvalue weighted by Crippen LogP contribution is -2.58. The van der Waals surface area contributed by atoms with Gasteiger partial charge in [0.15, 0.2) is 5.78 Å². The van der Waals surface area contributed by atoms with Crippen LogP contribution in [0, 0.1) is 0 Å². The Labute approximate surface area is 194 Å². The Balaban J connectivity index is 1.72. The van der Waals surface area contributed by atoms with Crippen molar-refractivity contribution in [3.63, 3.8) is 0 Å². The monoisotopic (exact) mass is 447 g/mol. The van der Waals surface area contributed by atoms with E-state index < -0.39 is 5.91 Å². The third-order valence-electron chi connectivity index (χ3n) is 5.65.